The van der Waals surface area contributed by atoms with Crippen molar-refractivity contribution in [2.45, 2.75) is 44.4 Å². The molecule has 2 unspecified atom stereocenters. The molecule has 2 aliphatic rings. The number of nitrogen functional groups attached to an aromatic ring is 1. The lowest BCUT2D eigenvalue weighted by atomic mass is 9.98. The van der Waals surface area contributed by atoms with Gasteiger partial charge in [0, 0.05) is 24.4 Å². The summed E-state index contributed by atoms with van der Waals surface area (Å²) in [5, 5.41) is 7.10. The Morgan fingerprint density at radius 2 is 2.20 bits per heavy atom. The van der Waals surface area contributed by atoms with E-state index in [0.29, 0.717) is 35.6 Å². The van der Waals surface area contributed by atoms with Crippen LogP contribution in [0.25, 0.3) is 5.65 Å². The van der Waals surface area contributed by atoms with E-state index in [1.165, 1.54) is 16.8 Å². The Balaban J connectivity index is 1.72. The second kappa shape index (κ2) is 6.89. The van der Waals surface area contributed by atoms with E-state index in [4.69, 9.17) is 5.73 Å². The van der Waals surface area contributed by atoms with Crippen LogP contribution in [0.5, 0.6) is 0 Å². The highest BCUT2D eigenvalue weighted by atomic mass is 19.1. The van der Waals surface area contributed by atoms with Gasteiger partial charge in [0.25, 0.3) is 5.91 Å². The van der Waals surface area contributed by atoms with Crippen molar-refractivity contribution in [3.05, 3.63) is 47.2 Å². The molecule has 5 rings (SSSR count). The van der Waals surface area contributed by atoms with Crippen molar-refractivity contribution in [2.24, 2.45) is 0 Å². The second-order valence-electron chi connectivity index (χ2n) is 7.92. The van der Waals surface area contributed by atoms with Crippen molar-refractivity contribution in [3.63, 3.8) is 0 Å². The van der Waals surface area contributed by atoms with E-state index in [0.717, 1.165) is 0 Å². The molecule has 3 atom stereocenters. The molecule has 3 N–H and O–H groups in total. The first-order chi connectivity index (χ1) is 14.4. The first-order valence-electron chi connectivity index (χ1n) is 9.91. The molecular formula is C20H21F2N7O. The van der Waals surface area contributed by atoms with Gasteiger partial charge in [-0.3, -0.25) is 9.78 Å². The fourth-order valence-corrected chi connectivity index (χ4v) is 4.35. The maximum atomic E-state index is 14.5. The lowest BCUT2D eigenvalue weighted by Crippen LogP contribution is -2.33. The lowest BCUT2D eigenvalue weighted by molar-refractivity contribution is 0.0940. The monoisotopic (exact) mass is 413 g/mol. The summed E-state index contributed by atoms with van der Waals surface area (Å²) in [5.41, 5.74) is 7.84. The molecule has 0 spiro atoms. The molecule has 1 saturated heterocycles. The number of nitrogens with zero attached hydrogens (tertiary/aromatic N) is 5. The minimum Gasteiger partial charge on any atom is -0.381 e. The third-order valence-electron chi connectivity index (χ3n) is 5.79. The number of nitrogens with one attached hydrogen (secondary N) is 1. The Labute approximate surface area is 171 Å². The molecule has 0 aliphatic carbocycles. The first kappa shape index (κ1) is 18.7. The Kier molecular flexibility index (Phi) is 4.30. The Bertz CT molecular complexity index is 1150. The number of halogens is 2. The topological polar surface area (TPSA) is 101 Å². The van der Waals surface area contributed by atoms with Crippen molar-refractivity contribution < 1.29 is 13.6 Å². The quantitative estimate of drug-likeness (QED) is 0.586. The van der Waals surface area contributed by atoms with E-state index in [2.05, 4.69) is 20.4 Å². The zero-order chi connectivity index (χ0) is 21.0. The molecule has 0 aromatic carbocycles. The molecule has 3 aromatic heterocycles. The number of fused-ring (bicyclic) bond motifs is 5. The average molecular weight is 413 g/mol. The van der Waals surface area contributed by atoms with Gasteiger partial charge < -0.3 is 16.0 Å². The number of hydrogen-bond acceptors (Lipinski definition) is 6. The van der Waals surface area contributed by atoms with Crippen LogP contribution < -0.4 is 16.0 Å². The van der Waals surface area contributed by atoms with Crippen LogP contribution in [0.3, 0.4) is 0 Å². The average Bonchev–Trinajstić information content (AvgIpc) is 3.24. The van der Waals surface area contributed by atoms with E-state index >= 15 is 0 Å². The molecule has 156 valence electrons. The number of nitrogens with two attached hydrogens (primary N) is 1. The van der Waals surface area contributed by atoms with Crippen molar-refractivity contribution in [1.29, 1.82) is 0 Å². The van der Waals surface area contributed by atoms with Crippen LogP contribution in [0.15, 0.2) is 24.5 Å². The summed E-state index contributed by atoms with van der Waals surface area (Å²) in [6, 6.07) is 2.53. The first-order valence-corrected chi connectivity index (χ1v) is 9.91. The molecule has 1 fully saturated rings. The smallest absolute Gasteiger partial charge is 0.259 e. The van der Waals surface area contributed by atoms with Crippen LogP contribution in [0, 0.1) is 5.82 Å². The van der Waals surface area contributed by atoms with E-state index in [1.807, 2.05) is 6.92 Å². The molecule has 0 radical (unpaired) electrons. The maximum Gasteiger partial charge on any atom is 0.259 e. The predicted molar refractivity (Wildman–Crippen MR) is 106 cm³/mol. The maximum absolute atomic E-state index is 14.5. The number of rotatable bonds is 0. The zero-order valence-electron chi connectivity index (χ0n) is 16.3. The van der Waals surface area contributed by atoms with Gasteiger partial charge in [0.05, 0.1) is 18.8 Å². The van der Waals surface area contributed by atoms with Crippen molar-refractivity contribution in [1.82, 2.24) is 24.9 Å². The van der Waals surface area contributed by atoms with Crippen molar-refractivity contribution in [3.8, 4) is 0 Å². The van der Waals surface area contributed by atoms with Gasteiger partial charge in [0.2, 0.25) is 0 Å². The molecule has 2 aliphatic heterocycles. The van der Waals surface area contributed by atoms with Gasteiger partial charge in [0.15, 0.2) is 11.5 Å². The van der Waals surface area contributed by atoms with Crippen LogP contribution in [0.2, 0.25) is 0 Å². The van der Waals surface area contributed by atoms with Gasteiger partial charge in [-0.15, -0.1) is 5.10 Å². The number of aryl methyl sites for hydroxylation is 1. The number of amides is 1. The zero-order valence-corrected chi connectivity index (χ0v) is 16.3. The van der Waals surface area contributed by atoms with Crippen LogP contribution in [-0.2, 0) is 6.42 Å². The summed E-state index contributed by atoms with van der Waals surface area (Å²) >= 11 is 0. The number of alkyl halides is 1. The van der Waals surface area contributed by atoms with E-state index < -0.39 is 18.0 Å². The molecule has 3 aromatic rings. The van der Waals surface area contributed by atoms with E-state index in [9.17, 15) is 13.6 Å². The summed E-state index contributed by atoms with van der Waals surface area (Å²) in [5.74, 6) is -0.278. The molecule has 10 heteroatoms. The van der Waals surface area contributed by atoms with Gasteiger partial charge in [-0.25, -0.2) is 18.3 Å². The van der Waals surface area contributed by atoms with E-state index in [1.54, 1.807) is 17.2 Å². The Morgan fingerprint density at radius 3 is 3.03 bits per heavy atom. The summed E-state index contributed by atoms with van der Waals surface area (Å²) in [6.45, 7) is 1.99. The number of carbonyl (C=O) groups excluding carboxylic acids is 1. The van der Waals surface area contributed by atoms with Crippen molar-refractivity contribution in [2.75, 3.05) is 17.2 Å². The second-order valence-corrected chi connectivity index (χ2v) is 7.92. The highest BCUT2D eigenvalue weighted by Crippen LogP contribution is 2.38. The summed E-state index contributed by atoms with van der Waals surface area (Å²) < 4.78 is 30.1. The largest absolute Gasteiger partial charge is 0.381 e. The summed E-state index contributed by atoms with van der Waals surface area (Å²) in [7, 11) is 0. The van der Waals surface area contributed by atoms with Crippen molar-refractivity contribution >= 4 is 23.2 Å². The number of hydrogen-bond donors (Lipinski definition) is 2. The third-order valence-corrected chi connectivity index (χ3v) is 5.79. The molecular weight excluding hydrogens is 392 g/mol. The summed E-state index contributed by atoms with van der Waals surface area (Å²) in [4.78, 5) is 23.6. The van der Waals surface area contributed by atoms with Gasteiger partial charge in [0.1, 0.15) is 23.4 Å². The minimum atomic E-state index is -1.09. The van der Waals surface area contributed by atoms with Crippen LogP contribution in [0.4, 0.5) is 20.4 Å². The molecule has 0 saturated carbocycles. The fraction of sp³-hybridized carbons (Fsp3) is 0.400. The number of pyridine rings is 1. The molecule has 2 bridgehead atoms. The van der Waals surface area contributed by atoms with Gasteiger partial charge in [-0.05, 0) is 37.5 Å². The molecule has 30 heavy (non-hydrogen) atoms. The SMILES string of the molecule is CC1CCc2ncc(F)cc2[C@@H]2CC(F)CN2c2ccn3nc(N)c(c3n2)C(=O)N1. The van der Waals surface area contributed by atoms with Crippen LogP contribution in [-0.4, -0.2) is 44.2 Å². The third kappa shape index (κ3) is 3.03. The van der Waals surface area contributed by atoms with Crippen LogP contribution in [0.1, 0.15) is 47.4 Å². The normalized spacial score (nSPS) is 24.0. The standard InChI is InChI=1S/C20H21F2N7O/c1-10-2-3-14-13(6-11(21)8-24-14)15-7-12(22)9-28(15)16-4-5-29-19(26-16)17(18(23)27-29)20(30)25-10/h4-6,8,10,12,15H,2-3,7,9H2,1H3,(H2,23,27)(H,25,30)/t10?,12?,15-/m0/s1. The Hall–Kier alpha value is -3.30. The molecule has 8 nitrogen and oxygen atoms in total. The summed E-state index contributed by atoms with van der Waals surface area (Å²) in [6.07, 6.45) is 3.04. The highest BCUT2D eigenvalue weighted by molar-refractivity contribution is 6.04. The number of carbonyl (C=O) groups is 1. The number of aromatic nitrogens is 4. The molecule has 5 heterocycles. The van der Waals surface area contributed by atoms with Gasteiger partial charge in [-0.1, -0.05) is 0 Å². The van der Waals surface area contributed by atoms with Gasteiger partial charge >= 0.3 is 0 Å². The van der Waals surface area contributed by atoms with E-state index in [-0.39, 0.29) is 36.3 Å². The lowest BCUT2D eigenvalue weighted by Gasteiger charge is -2.27. The number of anilines is 2. The fourth-order valence-electron chi connectivity index (χ4n) is 4.35. The predicted octanol–water partition coefficient (Wildman–Crippen LogP) is 2.20. The molecule has 1 amide bonds. The highest BCUT2D eigenvalue weighted by Gasteiger charge is 2.36. The van der Waals surface area contributed by atoms with Gasteiger partial charge in [-0.2, -0.15) is 0 Å². The minimum absolute atomic E-state index is 0.0765. The Morgan fingerprint density at radius 1 is 1.37 bits per heavy atom. The van der Waals surface area contributed by atoms with Crippen LogP contribution >= 0.6 is 0 Å².